The molecule has 0 fully saturated rings. The number of pyridine rings is 1. The number of rotatable bonds is 3. The summed E-state index contributed by atoms with van der Waals surface area (Å²) in [7, 11) is 0. The monoisotopic (exact) mass is 195 g/mol. The van der Waals surface area contributed by atoms with Crippen molar-refractivity contribution in [1.82, 2.24) is 4.98 Å². The Bertz CT molecular complexity index is 317. The summed E-state index contributed by atoms with van der Waals surface area (Å²) in [6.07, 6.45) is 3.17. The molecule has 0 aromatic carbocycles. The van der Waals surface area contributed by atoms with Gasteiger partial charge in [0.2, 0.25) is 0 Å². The van der Waals surface area contributed by atoms with Gasteiger partial charge in [-0.1, -0.05) is 13.0 Å². The third-order valence-corrected chi connectivity index (χ3v) is 1.88. The van der Waals surface area contributed by atoms with E-state index < -0.39 is 6.10 Å². The van der Waals surface area contributed by atoms with Crippen LogP contribution in [0.15, 0.2) is 24.4 Å². The Labute approximate surface area is 83.1 Å². The molecule has 0 amide bonds. The Morgan fingerprint density at radius 3 is 2.79 bits per heavy atom. The predicted molar refractivity (Wildman–Crippen MR) is 54.1 cm³/mol. The standard InChI is InChI=1S/C11H14FNO/c1-3-9(6-8(2)14)11-5-4-10(12)7-13-11/h4-8,14H,3H2,1-2H3/b9-6-. The lowest BCUT2D eigenvalue weighted by atomic mass is 10.1. The SMILES string of the molecule is CC/C(=C/C(C)O)c1ccc(F)cn1. The number of halogens is 1. The van der Waals surface area contributed by atoms with E-state index in [9.17, 15) is 9.50 Å². The average Bonchev–Trinajstić information content (AvgIpc) is 2.15. The number of hydrogen-bond acceptors (Lipinski definition) is 2. The Morgan fingerprint density at radius 1 is 1.64 bits per heavy atom. The molecule has 1 atom stereocenters. The highest BCUT2D eigenvalue weighted by atomic mass is 19.1. The molecule has 0 radical (unpaired) electrons. The van der Waals surface area contributed by atoms with Crippen molar-refractivity contribution in [3.8, 4) is 0 Å². The Balaban J connectivity index is 2.95. The van der Waals surface area contributed by atoms with E-state index in [2.05, 4.69) is 4.98 Å². The van der Waals surface area contributed by atoms with Crippen molar-refractivity contribution in [3.05, 3.63) is 35.9 Å². The second kappa shape index (κ2) is 4.86. The number of nitrogens with zero attached hydrogens (tertiary/aromatic N) is 1. The van der Waals surface area contributed by atoms with Crippen LogP contribution in [0.4, 0.5) is 4.39 Å². The number of aliphatic hydroxyl groups excluding tert-OH is 1. The molecule has 0 bridgehead atoms. The maximum Gasteiger partial charge on any atom is 0.141 e. The summed E-state index contributed by atoms with van der Waals surface area (Å²) in [6.45, 7) is 3.65. The minimum absolute atomic E-state index is 0.346. The molecule has 1 aromatic heterocycles. The summed E-state index contributed by atoms with van der Waals surface area (Å²) in [4.78, 5) is 3.95. The molecule has 0 aliphatic carbocycles. The van der Waals surface area contributed by atoms with Crippen molar-refractivity contribution in [2.45, 2.75) is 26.4 Å². The maximum absolute atomic E-state index is 12.6. The van der Waals surface area contributed by atoms with Crippen molar-refractivity contribution < 1.29 is 9.50 Å². The highest BCUT2D eigenvalue weighted by Crippen LogP contribution is 2.16. The molecule has 1 rings (SSSR count). The lowest BCUT2D eigenvalue weighted by molar-refractivity contribution is 0.244. The van der Waals surface area contributed by atoms with Gasteiger partial charge in [0, 0.05) is 0 Å². The first kappa shape index (κ1) is 10.9. The normalized spacial score (nSPS) is 14.1. The van der Waals surface area contributed by atoms with E-state index >= 15 is 0 Å². The zero-order chi connectivity index (χ0) is 10.6. The van der Waals surface area contributed by atoms with E-state index in [0.717, 1.165) is 17.7 Å². The van der Waals surface area contributed by atoms with Gasteiger partial charge in [-0.15, -0.1) is 0 Å². The summed E-state index contributed by atoms with van der Waals surface area (Å²) in [5.74, 6) is -0.346. The molecule has 0 aliphatic heterocycles. The number of aromatic nitrogens is 1. The molecule has 0 spiro atoms. The zero-order valence-electron chi connectivity index (χ0n) is 8.37. The van der Waals surface area contributed by atoms with Crippen LogP contribution in [0, 0.1) is 5.82 Å². The lowest BCUT2D eigenvalue weighted by Gasteiger charge is -2.05. The van der Waals surface area contributed by atoms with Crippen molar-refractivity contribution >= 4 is 5.57 Å². The molecule has 1 heterocycles. The number of allylic oxidation sites excluding steroid dienone is 1. The molecular formula is C11H14FNO. The van der Waals surface area contributed by atoms with Crippen molar-refractivity contribution in [2.75, 3.05) is 0 Å². The molecule has 1 unspecified atom stereocenters. The van der Waals surface area contributed by atoms with Gasteiger partial charge in [-0.2, -0.15) is 0 Å². The Kier molecular flexibility index (Phi) is 3.77. The zero-order valence-corrected chi connectivity index (χ0v) is 8.37. The molecule has 1 aromatic rings. The van der Waals surface area contributed by atoms with Crippen molar-refractivity contribution in [1.29, 1.82) is 0 Å². The van der Waals surface area contributed by atoms with Crippen LogP contribution in [0.3, 0.4) is 0 Å². The second-order valence-corrected chi connectivity index (χ2v) is 3.15. The summed E-state index contributed by atoms with van der Waals surface area (Å²) in [5, 5.41) is 9.19. The predicted octanol–water partition coefficient (Wildman–Crippen LogP) is 2.39. The first-order valence-corrected chi connectivity index (χ1v) is 4.64. The van der Waals surface area contributed by atoms with Gasteiger partial charge in [0.1, 0.15) is 5.82 Å². The highest BCUT2D eigenvalue weighted by Gasteiger charge is 2.02. The van der Waals surface area contributed by atoms with Crippen LogP contribution >= 0.6 is 0 Å². The smallest absolute Gasteiger partial charge is 0.141 e. The maximum atomic E-state index is 12.6. The molecule has 0 saturated carbocycles. The fourth-order valence-corrected chi connectivity index (χ4v) is 1.24. The van der Waals surface area contributed by atoms with E-state index in [4.69, 9.17) is 0 Å². The third-order valence-electron chi connectivity index (χ3n) is 1.88. The van der Waals surface area contributed by atoms with Gasteiger partial charge in [0.05, 0.1) is 18.0 Å². The topological polar surface area (TPSA) is 33.1 Å². The quantitative estimate of drug-likeness (QED) is 0.803. The molecule has 0 saturated heterocycles. The van der Waals surface area contributed by atoms with Gasteiger partial charge in [0.25, 0.3) is 0 Å². The second-order valence-electron chi connectivity index (χ2n) is 3.15. The summed E-state index contributed by atoms with van der Waals surface area (Å²) in [6, 6.07) is 2.99. The molecule has 3 heteroatoms. The van der Waals surface area contributed by atoms with E-state index in [1.807, 2.05) is 6.92 Å². The third kappa shape index (κ3) is 2.92. The van der Waals surface area contributed by atoms with Gasteiger partial charge in [0.15, 0.2) is 0 Å². The van der Waals surface area contributed by atoms with Gasteiger partial charge in [-0.25, -0.2) is 4.39 Å². The van der Waals surface area contributed by atoms with Crippen LogP contribution in [-0.2, 0) is 0 Å². The van der Waals surface area contributed by atoms with Gasteiger partial charge < -0.3 is 5.11 Å². The summed E-state index contributed by atoms with van der Waals surface area (Å²) < 4.78 is 12.6. The number of aliphatic hydroxyl groups is 1. The van der Waals surface area contributed by atoms with Crippen LogP contribution in [0.5, 0.6) is 0 Å². The molecule has 2 nitrogen and oxygen atoms in total. The fourth-order valence-electron chi connectivity index (χ4n) is 1.24. The average molecular weight is 195 g/mol. The fraction of sp³-hybridized carbons (Fsp3) is 0.364. The highest BCUT2D eigenvalue weighted by molar-refractivity contribution is 5.62. The first-order valence-electron chi connectivity index (χ1n) is 4.64. The number of hydrogen-bond donors (Lipinski definition) is 1. The molecule has 1 N–H and O–H groups in total. The van der Waals surface area contributed by atoms with Crippen LogP contribution in [-0.4, -0.2) is 16.2 Å². The van der Waals surface area contributed by atoms with Crippen molar-refractivity contribution in [3.63, 3.8) is 0 Å². The molecule has 14 heavy (non-hydrogen) atoms. The first-order chi connectivity index (χ1) is 6.63. The van der Waals surface area contributed by atoms with Crippen LogP contribution in [0.1, 0.15) is 26.0 Å². The molecular weight excluding hydrogens is 181 g/mol. The molecule has 76 valence electrons. The van der Waals surface area contributed by atoms with Crippen LogP contribution < -0.4 is 0 Å². The summed E-state index contributed by atoms with van der Waals surface area (Å²) in [5.41, 5.74) is 1.65. The summed E-state index contributed by atoms with van der Waals surface area (Å²) >= 11 is 0. The Hall–Kier alpha value is -1.22. The largest absolute Gasteiger partial charge is 0.389 e. The minimum atomic E-state index is -0.503. The van der Waals surface area contributed by atoms with E-state index in [0.29, 0.717) is 0 Å². The van der Waals surface area contributed by atoms with Gasteiger partial charge in [-0.3, -0.25) is 4.98 Å². The van der Waals surface area contributed by atoms with Gasteiger partial charge in [-0.05, 0) is 31.1 Å². The molecule has 0 aliphatic rings. The Morgan fingerprint density at radius 2 is 2.36 bits per heavy atom. The van der Waals surface area contributed by atoms with Crippen LogP contribution in [0.25, 0.3) is 5.57 Å². The van der Waals surface area contributed by atoms with E-state index in [-0.39, 0.29) is 5.82 Å². The van der Waals surface area contributed by atoms with E-state index in [1.165, 1.54) is 12.3 Å². The minimum Gasteiger partial charge on any atom is -0.389 e. The van der Waals surface area contributed by atoms with E-state index in [1.54, 1.807) is 19.1 Å². The van der Waals surface area contributed by atoms with Crippen molar-refractivity contribution in [2.24, 2.45) is 0 Å². The lowest BCUT2D eigenvalue weighted by Crippen LogP contribution is -1.97. The van der Waals surface area contributed by atoms with Gasteiger partial charge >= 0.3 is 0 Å². The van der Waals surface area contributed by atoms with Crippen LogP contribution in [0.2, 0.25) is 0 Å².